The van der Waals surface area contributed by atoms with Crippen molar-refractivity contribution in [2.24, 2.45) is 0 Å². The van der Waals surface area contributed by atoms with Gasteiger partial charge in [0.05, 0.1) is 0 Å². The number of hydrogen-bond acceptors (Lipinski definition) is 4. The fourth-order valence-electron chi connectivity index (χ4n) is 1.68. The molecular formula is C18H21NO4. The van der Waals surface area contributed by atoms with Crippen molar-refractivity contribution in [3.05, 3.63) is 66.2 Å². The molecule has 5 heteroatoms. The Morgan fingerprint density at radius 2 is 1.57 bits per heavy atom. The largest absolute Gasteiger partial charge is 0.342 e. The minimum Gasteiger partial charge on any atom is -0.322 e. The van der Waals surface area contributed by atoms with Crippen LogP contribution in [0.25, 0.3) is 0 Å². The summed E-state index contributed by atoms with van der Waals surface area (Å²) in [7, 11) is 0. The molecule has 2 aromatic carbocycles. The molecule has 0 aliphatic heterocycles. The predicted molar refractivity (Wildman–Crippen MR) is 89.1 cm³/mol. The minimum absolute atomic E-state index is 0.0817. The van der Waals surface area contributed by atoms with Gasteiger partial charge in [0.2, 0.25) is 0 Å². The number of benzene rings is 2. The van der Waals surface area contributed by atoms with Crippen molar-refractivity contribution >= 4 is 17.6 Å². The van der Waals surface area contributed by atoms with E-state index in [-0.39, 0.29) is 5.91 Å². The van der Waals surface area contributed by atoms with Crippen molar-refractivity contribution < 1.29 is 19.7 Å². The quantitative estimate of drug-likeness (QED) is 0.642. The molecule has 0 fully saturated rings. The smallest absolute Gasteiger partial charge is 0.322 e. The number of amides is 1. The number of carbonyl (C=O) groups is 2. The van der Waals surface area contributed by atoms with E-state index in [2.05, 4.69) is 10.2 Å². The summed E-state index contributed by atoms with van der Waals surface area (Å²) in [5.41, 5.74) is 1.48. The lowest BCUT2D eigenvalue weighted by Gasteiger charge is -2.03. The number of hydrogen-bond donors (Lipinski definition) is 2. The number of para-hydroxylation sites is 1. The lowest BCUT2D eigenvalue weighted by atomic mass is 10.2. The highest BCUT2D eigenvalue weighted by molar-refractivity contribution is 6.04. The molecule has 0 aromatic heterocycles. The van der Waals surface area contributed by atoms with E-state index in [0.29, 0.717) is 12.0 Å². The van der Waals surface area contributed by atoms with Crippen LogP contribution >= 0.6 is 0 Å². The molecule has 122 valence electrons. The van der Waals surface area contributed by atoms with Crippen LogP contribution in [0.2, 0.25) is 0 Å². The normalized spacial score (nSPS) is 9.30. The molecule has 0 unspecified atom stereocenters. The summed E-state index contributed by atoms with van der Waals surface area (Å²) < 4.78 is 0. The van der Waals surface area contributed by atoms with Crippen LogP contribution in [0.1, 0.15) is 36.5 Å². The first kappa shape index (κ1) is 18.4. The number of nitrogens with one attached hydrogen (secondary N) is 1. The summed E-state index contributed by atoms with van der Waals surface area (Å²) in [6, 6.07) is 18.6. The maximum Gasteiger partial charge on any atom is 0.342 e. The highest BCUT2D eigenvalue weighted by Crippen LogP contribution is 2.08. The Bertz CT molecular complexity index is 584. The summed E-state index contributed by atoms with van der Waals surface area (Å²) in [6.45, 7) is 1.96. The maximum absolute atomic E-state index is 11.7. The molecule has 0 atom stereocenters. The van der Waals surface area contributed by atoms with Gasteiger partial charge in [0, 0.05) is 17.7 Å². The van der Waals surface area contributed by atoms with Crippen LogP contribution in [0.3, 0.4) is 0 Å². The second-order valence-corrected chi connectivity index (χ2v) is 4.75. The van der Waals surface area contributed by atoms with Crippen LogP contribution in [-0.2, 0) is 9.68 Å². The summed E-state index contributed by atoms with van der Waals surface area (Å²) in [6.07, 6.45) is 2.03. The highest BCUT2D eigenvalue weighted by atomic mass is 17.1. The van der Waals surface area contributed by atoms with E-state index < -0.39 is 5.97 Å². The van der Waals surface area contributed by atoms with Gasteiger partial charge in [0.25, 0.3) is 5.91 Å². The van der Waals surface area contributed by atoms with Crippen molar-refractivity contribution in [2.75, 3.05) is 5.32 Å². The molecule has 0 saturated carbocycles. The Kier molecular flexibility index (Phi) is 8.78. The van der Waals surface area contributed by atoms with Crippen LogP contribution in [-0.4, -0.2) is 17.1 Å². The second-order valence-electron chi connectivity index (χ2n) is 4.75. The summed E-state index contributed by atoms with van der Waals surface area (Å²) in [4.78, 5) is 25.2. The van der Waals surface area contributed by atoms with Gasteiger partial charge in [-0.2, -0.15) is 5.26 Å². The Morgan fingerprint density at radius 3 is 2.09 bits per heavy atom. The monoisotopic (exact) mass is 315 g/mol. The van der Waals surface area contributed by atoms with Gasteiger partial charge >= 0.3 is 5.97 Å². The van der Waals surface area contributed by atoms with Gasteiger partial charge in [-0.1, -0.05) is 49.7 Å². The Labute approximate surface area is 135 Å². The molecule has 1 amide bonds. The topological polar surface area (TPSA) is 75.6 Å². The summed E-state index contributed by atoms with van der Waals surface area (Å²) in [5, 5.41) is 10.5. The molecule has 0 aliphatic rings. The van der Waals surface area contributed by atoms with Gasteiger partial charge in [-0.3, -0.25) is 4.79 Å². The third-order valence-electron chi connectivity index (χ3n) is 2.90. The van der Waals surface area contributed by atoms with E-state index >= 15 is 0 Å². The highest BCUT2D eigenvalue weighted by Gasteiger charge is 2.03. The number of carbonyl (C=O) groups excluding carboxylic acids is 2. The molecule has 5 nitrogen and oxygen atoms in total. The summed E-state index contributed by atoms with van der Waals surface area (Å²) >= 11 is 0. The lowest BCUT2D eigenvalue weighted by molar-refractivity contribution is -0.234. The van der Waals surface area contributed by atoms with E-state index in [1.807, 2.05) is 55.5 Å². The zero-order valence-electron chi connectivity index (χ0n) is 13.1. The number of anilines is 1. The number of rotatable bonds is 5. The Balaban J connectivity index is 0.000000284. The van der Waals surface area contributed by atoms with Crippen molar-refractivity contribution in [2.45, 2.75) is 26.2 Å². The molecule has 2 aromatic rings. The van der Waals surface area contributed by atoms with E-state index in [4.69, 9.17) is 5.26 Å². The standard InChI is InChI=1S/C13H11NO.C5H10O3/c15-13(11-7-3-1-4-8-11)14-12-9-5-2-6-10-12;1-2-3-4-5(6)8-7/h1-10H,(H,14,15);7H,2-4H2,1H3. The first-order chi connectivity index (χ1) is 11.2. The van der Waals surface area contributed by atoms with Gasteiger partial charge < -0.3 is 10.2 Å². The van der Waals surface area contributed by atoms with Crippen molar-refractivity contribution in [1.29, 1.82) is 0 Å². The molecule has 0 heterocycles. The second kappa shape index (κ2) is 11.0. The fourth-order valence-corrected chi connectivity index (χ4v) is 1.68. The third-order valence-corrected chi connectivity index (χ3v) is 2.90. The van der Waals surface area contributed by atoms with Crippen molar-refractivity contribution in [3.63, 3.8) is 0 Å². The third kappa shape index (κ3) is 7.78. The average Bonchev–Trinajstić information content (AvgIpc) is 2.61. The van der Waals surface area contributed by atoms with E-state index in [1.54, 1.807) is 12.1 Å². The van der Waals surface area contributed by atoms with Gasteiger partial charge in [-0.25, -0.2) is 4.79 Å². The summed E-state index contributed by atoms with van der Waals surface area (Å²) in [5.74, 6) is -0.631. The van der Waals surface area contributed by atoms with Gasteiger partial charge in [0.15, 0.2) is 0 Å². The van der Waals surface area contributed by atoms with Gasteiger partial charge in [0.1, 0.15) is 0 Å². The molecular weight excluding hydrogens is 294 g/mol. The molecule has 0 saturated heterocycles. The van der Waals surface area contributed by atoms with Gasteiger partial charge in [-0.05, 0) is 30.7 Å². The van der Waals surface area contributed by atoms with Crippen LogP contribution in [0, 0.1) is 0 Å². The first-order valence-electron chi connectivity index (χ1n) is 7.43. The molecule has 0 aliphatic carbocycles. The minimum atomic E-state index is -0.549. The molecule has 2 rings (SSSR count). The van der Waals surface area contributed by atoms with E-state index in [1.165, 1.54) is 0 Å². The Hall–Kier alpha value is -2.66. The molecule has 0 bridgehead atoms. The lowest BCUT2D eigenvalue weighted by Crippen LogP contribution is -2.11. The first-order valence-corrected chi connectivity index (χ1v) is 7.43. The SMILES string of the molecule is CCCCC(=O)OO.O=C(Nc1ccccc1)c1ccccc1. The van der Waals surface area contributed by atoms with Crippen LogP contribution in [0.5, 0.6) is 0 Å². The van der Waals surface area contributed by atoms with Crippen LogP contribution in [0.15, 0.2) is 60.7 Å². The average molecular weight is 315 g/mol. The van der Waals surface area contributed by atoms with E-state index in [0.717, 1.165) is 18.5 Å². The maximum atomic E-state index is 11.7. The zero-order valence-corrected chi connectivity index (χ0v) is 13.1. The van der Waals surface area contributed by atoms with Crippen molar-refractivity contribution in [3.8, 4) is 0 Å². The molecule has 23 heavy (non-hydrogen) atoms. The Morgan fingerprint density at radius 1 is 1.00 bits per heavy atom. The van der Waals surface area contributed by atoms with E-state index in [9.17, 15) is 9.59 Å². The fraction of sp³-hybridized carbons (Fsp3) is 0.222. The van der Waals surface area contributed by atoms with Crippen LogP contribution in [0.4, 0.5) is 5.69 Å². The van der Waals surface area contributed by atoms with Gasteiger partial charge in [-0.15, -0.1) is 0 Å². The predicted octanol–water partition coefficient (Wildman–Crippen LogP) is 4.13. The van der Waals surface area contributed by atoms with Crippen molar-refractivity contribution in [1.82, 2.24) is 0 Å². The molecule has 2 N–H and O–H groups in total. The molecule has 0 radical (unpaired) electrons. The number of unbranched alkanes of at least 4 members (excludes halogenated alkanes) is 1. The molecule has 0 spiro atoms. The zero-order chi connectivity index (χ0) is 16.9. The van der Waals surface area contributed by atoms with Crippen LogP contribution < -0.4 is 5.32 Å².